The molecule has 0 aromatic heterocycles. The van der Waals surface area contributed by atoms with Gasteiger partial charge in [0, 0.05) is 31.7 Å². The van der Waals surface area contributed by atoms with Crippen LogP contribution in [0.25, 0.3) is 0 Å². The van der Waals surface area contributed by atoms with Gasteiger partial charge in [-0.3, -0.25) is 9.69 Å². The van der Waals surface area contributed by atoms with Gasteiger partial charge in [-0.2, -0.15) is 0 Å². The second-order valence-electron chi connectivity index (χ2n) is 5.96. The van der Waals surface area contributed by atoms with Crippen molar-refractivity contribution in [1.82, 2.24) is 10.2 Å². The van der Waals surface area contributed by atoms with E-state index in [1.165, 1.54) is 0 Å². The Balaban J connectivity index is 1.53. The lowest BCUT2D eigenvalue weighted by Crippen LogP contribution is -2.47. The van der Waals surface area contributed by atoms with Gasteiger partial charge in [-0.1, -0.05) is 11.6 Å². The molecular weight excluding hydrogens is 320 g/mol. The van der Waals surface area contributed by atoms with Crippen molar-refractivity contribution in [1.29, 1.82) is 0 Å². The maximum atomic E-state index is 12.3. The average Bonchev–Trinajstić information content (AvgIpc) is 2.95. The van der Waals surface area contributed by atoms with Crippen LogP contribution in [0.5, 0.6) is 11.5 Å². The fraction of sp³-hybridized carbons (Fsp3) is 0.562. The number of ether oxygens (including phenoxy) is 3. The zero-order valence-corrected chi connectivity index (χ0v) is 14.1. The highest BCUT2D eigenvalue weighted by Crippen LogP contribution is 2.39. The molecule has 0 bridgehead atoms. The third-order valence-electron chi connectivity index (χ3n) is 3.90. The predicted molar refractivity (Wildman–Crippen MR) is 86.4 cm³/mol. The number of nitrogens with one attached hydrogen (secondary N) is 1. The molecule has 7 heteroatoms. The summed E-state index contributed by atoms with van der Waals surface area (Å²) in [6.45, 7) is 7.40. The van der Waals surface area contributed by atoms with E-state index in [-0.39, 0.29) is 24.9 Å². The molecule has 1 aromatic rings. The Morgan fingerprint density at radius 2 is 2.04 bits per heavy atom. The summed E-state index contributed by atoms with van der Waals surface area (Å²) >= 11 is 6.10. The van der Waals surface area contributed by atoms with Crippen molar-refractivity contribution in [3.05, 3.63) is 22.7 Å². The minimum atomic E-state index is -0.167. The van der Waals surface area contributed by atoms with E-state index >= 15 is 0 Å². The Bertz CT molecular complexity index is 586. The van der Waals surface area contributed by atoms with Crippen LogP contribution in [0.15, 0.2) is 12.1 Å². The highest BCUT2D eigenvalue weighted by molar-refractivity contribution is 6.32. The van der Waals surface area contributed by atoms with Gasteiger partial charge in [-0.05, 0) is 26.0 Å². The minimum absolute atomic E-state index is 0.132. The van der Waals surface area contributed by atoms with E-state index < -0.39 is 0 Å². The lowest BCUT2D eigenvalue weighted by atomic mass is 10.2. The lowest BCUT2D eigenvalue weighted by Gasteiger charge is -2.35. The van der Waals surface area contributed by atoms with Crippen molar-refractivity contribution in [2.75, 3.05) is 33.0 Å². The molecule has 1 amide bonds. The molecule has 1 fully saturated rings. The maximum Gasteiger partial charge on any atom is 0.251 e. The van der Waals surface area contributed by atoms with Crippen LogP contribution in [0.2, 0.25) is 5.02 Å². The van der Waals surface area contributed by atoms with E-state index in [0.717, 1.165) is 19.6 Å². The average molecular weight is 341 g/mol. The van der Waals surface area contributed by atoms with Crippen LogP contribution in [-0.4, -0.2) is 56.0 Å². The van der Waals surface area contributed by atoms with Gasteiger partial charge >= 0.3 is 0 Å². The number of carbonyl (C=O) groups excluding carboxylic acids is 1. The molecule has 0 aliphatic carbocycles. The first-order valence-corrected chi connectivity index (χ1v) is 8.16. The van der Waals surface area contributed by atoms with Crippen LogP contribution in [0.4, 0.5) is 0 Å². The fourth-order valence-electron chi connectivity index (χ4n) is 3.00. The number of carbonyl (C=O) groups is 1. The van der Waals surface area contributed by atoms with E-state index in [1.807, 2.05) is 0 Å². The smallest absolute Gasteiger partial charge is 0.251 e. The van der Waals surface area contributed by atoms with Gasteiger partial charge in [0.1, 0.15) is 0 Å². The highest BCUT2D eigenvalue weighted by atomic mass is 35.5. The maximum absolute atomic E-state index is 12.3. The molecule has 2 heterocycles. The third-order valence-corrected chi connectivity index (χ3v) is 4.18. The number of hydrogen-bond acceptors (Lipinski definition) is 5. The zero-order chi connectivity index (χ0) is 16.4. The topological polar surface area (TPSA) is 60.0 Å². The molecule has 6 nitrogen and oxygen atoms in total. The molecule has 3 rings (SSSR count). The van der Waals surface area contributed by atoms with Crippen LogP contribution in [0.1, 0.15) is 24.2 Å². The molecule has 0 radical (unpaired) electrons. The van der Waals surface area contributed by atoms with E-state index in [4.69, 9.17) is 25.8 Å². The molecule has 0 spiro atoms. The Hall–Kier alpha value is -1.50. The first-order valence-electron chi connectivity index (χ1n) is 7.78. The first-order chi connectivity index (χ1) is 11.0. The molecule has 0 saturated carbocycles. The summed E-state index contributed by atoms with van der Waals surface area (Å²) in [5, 5.41) is 3.31. The molecule has 1 saturated heterocycles. The van der Waals surface area contributed by atoms with Gasteiger partial charge in [0.15, 0.2) is 11.5 Å². The van der Waals surface area contributed by atoms with Gasteiger partial charge in [-0.25, -0.2) is 0 Å². The molecule has 2 aliphatic heterocycles. The predicted octanol–water partition coefficient (Wildman–Crippen LogP) is 1.91. The van der Waals surface area contributed by atoms with E-state index in [0.29, 0.717) is 28.6 Å². The van der Waals surface area contributed by atoms with Gasteiger partial charge in [0.2, 0.25) is 6.79 Å². The molecule has 23 heavy (non-hydrogen) atoms. The number of fused-ring (bicyclic) bond motifs is 1. The SMILES string of the molecule is C[C@@H]1CN(CCNC(=O)c2cc(Cl)c3c(c2)OCO3)C[C@H](C)O1. The molecular formula is C16H21ClN2O4. The third kappa shape index (κ3) is 3.88. The Morgan fingerprint density at radius 3 is 2.78 bits per heavy atom. The molecule has 1 N–H and O–H groups in total. The van der Waals surface area contributed by atoms with Crippen LogP contribution in [0.3, 0.4) is 0 Å². The standard InChI is InChI=1S/C16H21ClN2O4/c1-10-7-19(8-11(2)23-10)4-3-18-16(20)12-5-13(17)15-14(6-12)21-9-22-15/h5-6,10-11H,3-4,7-9H2,1-2H3,(H,18,20)/t10-,11+. The summed E-state index contributed by atoms with van der Waals surface area (Å²) in [5.74, 6) is 0.845. The number of nitrogens with zero attached hydrogens (tertiary/aromatic N) is 1. The van der Waals surface area contributed by atoms with Crippen LogP contribution < -0.4 is 14.8 Å². The molecule has 2 aliphatic rings. The molecule has 126 valence electrons. The van der Waals surface area contributed by atoms with E-state index in [9.17, 15) is 4.79 Å². The fourth-order valence-corrected chi connectivity index (χ4v) is 3.26. The Kier molecular flexibility index (Phi) is 4.94. The quantitative estimate of drug-likeness (QED) is 0.907. The van der Waals surface area contributed by atoms with Crippen molar-refractivity contribution in [3.8, 4) is 11.5 Å². The Morgan fingerprint density at radius 1 is 1.30 bits per heavy atom. The summed E-state index contributed by atoms with van der Waals surface area (Å²) in [6.07, 6.45) is 0.448. The second-order valence-corrected chi connectivity index (χ2v) is 6.37. The van der Waals surface area contributed by atoms with E-state index in [1.54, 1.807) is 12.1 Å². The summed E-state index contributed by atoms with van der Waals surface area (Å²) in [7, 11) is 0. The first kappa shape index (κ1) is 16.4. The van der Waals surface area contributed by atoms with Gasteiger partial charge in [-0.15, -0.1) is 0 Å². The van der Waals surface area contributed by atoms with Gasteiger partial charge < -0.3 is 19.5 Å². The van der Waals surface area contributed by atoms with Gasteiger partial charge in [0.25, 0.3) is 5.91 Å². The monoisotopic (exact) mass is 340 g/mol. The number of amides is 1. The second kappa shape index (κ2) is 6.95. The van der Waals surface area contributed by atoms with Crippen molar-refractivity contribution in [2.24, 2.45) is 0 Å². The van der Waals surface area contributed by atoms with Crippen LogP contribution in [0, 0.1) is 0 Å². The highest BCUT2D eigenvalue weighted by Gasteiger charge is 2.23. The van der Waals surface area contributed by atoms with E-state index in [2.05, 4.69) is 24.1 Å². The van der Waals surface area contributed by atoms with Crippen molar-refractivity contribution >= 4 is 17.5 Å². The number of hydrogen-bond donors (Lipinski definition) is 1. The van der Waals surface area contributed by atoms with Crippen molar-refractivity contribution in [2.45, 2.75) is 26.1 Å². The lowest BCUT2D eigenvalue weighted by molar-refractivity contribution is -0.0672. The van der Waals surface area contributed by atoms with Crippen molar-refractivity contribution in [3.63, 3.8) is 0 Å². The summed E-state index contributed by atoms with van der Waals surface area (Å²) in [4.78, 5) is 14.6. The number of halogens is 1. The molecule has 2 atom stereocenters. The zero-order valence-electron chi connectivity index (χ0n) is 13.3. The van der Waals surface area contributed by atoms with Crippen LogP contribution >= 0.6 is 11.6 Å². The summed E-state index contributed by atoms with van der Waals surface area (Å²) in [5.41, 5.74) is 0.475. The number of benzene rings is 1. The molecule has 1 aromatic carbocycles. The normalized spacial score (nSPS) is 23.8. The Labute approximate surface area is 140 Å². The number of rotatable bonds is 4. The molecule has 0 unspecified atom stereocenters. The van der Waals surface area contributed by atoms with Gasteiger partial charge in [0.05, 0.1) is 17.2 Å². The van der Waals surface area contributed by atoms with Crippen LogP contribution in [-0.2, 0) is 4.74 Å². The summed E-state index contributed by atoms with van der Waals surface area (Å²) < 4.78 is 16.2. The largest absolute Gasteiger partial charge is 0.454 e. The summed E-state index contributed by atoms with van der Waals surface area (Å²) in [6, 6.07) is 3.26. The van der Waals surface area contributed by atoms with Crippen molar-refractivity contribution < 1.29 is 19.0 Å². The minimum Gasteiger partial charge on any atom is -0.454 e. The number of morpholine rings is 1.